The summed E-state index contributed by atoms with van der Waals surface area (Å²) in [6.07, 6.45) is 4.50. The number of ether oxygens (including phenoxy) is 1. The zero-order valence-corrected chi connectivity index (χ0v) is 21.5. The van der Waals surface area contributed by atoms with Crippen molar-refractivity contribution in [1.29, 1.82) is 0 Å². The minimum atomic E-state index is -0.428. The molecule has 0 radical (unpaired) electrons. The van der Waals surface area contributed by atoms with Crippen molar-refractivity contribution in [3.63, 3.8) is 0 Å². The number of likely N-dealkylation sites (tertiary alicyclic amines) is 1. The van der Waals surface area contributed by atoms with Crippen molar-refractivity contribution >= 4 is 27.5 Å². The SMILES string of the molecule is CN1CCCC1COc1nc(N2CC3CCC(C2)N3)c2ccc(-c3cc(O)cc4ccccc34)c(F)c2n1. The molecule has 0 saturated carbocycles. The summed E-state index contributed by atoms with van der Waals surface area (Å²) < 4.78 is 22.6. The number of piperazine rings is 1. The lowest BCUT2D eigenvalue weighted by molar-refractivity contribution is 0.188. The summed E-state index contributed by atoms with van der Waals surface area (Å²) in [7, 11) is 2.11. The number of hydrogen-bond donors (Lipinski definition) is 2. The fourth-order valence-electron chi connectivity index (χ4n) is 6.49. The molecule has 0 amide bonds. The molecule has 4 aromatic rings. The van der Waals surface area contributed by atoms with Crippen molar-refractivity contribution in [2.24, 2.45) is 0 Å². The van der Waals surface area contributed by atoms with Crippen molar-refractivity contribution in [2.45, 2.75) is 43.8 Å². The van der Waals surface area contributed by atoms with E-state index < -0.39 is 5.82 Å². The average molecular weight is 514 g/mol. The van der Waals surface area contributed by atoms with E-state index in [1.54, 1.807) is 18.2 Å². The summed E-state index contributed by atoms with van der Waals surface area (Å²) in [6, 6.07) is 16.1. The van der Waals surface area contributed by atoms with Crippen LogP contribution < -0.4 is 15.0 Å². The number of phenolic OH excluding ortho intramolecular Hbond substituents is 1. The largest absolute Gasteiger partial charge is 0.508 e. The summed E-state index contributed by atoms with van der Waals surface area (Å²) in [5.41, 5.74) is 1.28. The highest BCUT2D eigenvalue weighted by Gasteiger charge is 2.34. The standard InChI is InChI=1S/C30H32FN5O2/c1-35-12-4-6-21(35)17-38-30-33-28-25(29(34-30)36-15-19-8-9-20(16-36)32-19)11-10-24(27(28)31)26-14-22(37)13-18-5-2-3-7-23(18)26/h2-3,5,7,10-11,13-14,19-21,32,37H,4,6,8-9,12,15-17H2,1H3. The van der Waals surface area contributed by atoms with Gasteiger partial charge in [-0.2, -0.15) is 9.97 Å². The third-order valence-electron chi connectivity index (χ3n) is 8.50. The van der Waals surface area contributed by atoms with Crippen LogP contribution in [0.15, 0.2) is 48.5 Å². The third kappa shape index (κ3) is 4.12. The lowest BCUT2D eigenvalue weighted by atomic mass is 9.96. The minimum Gasteiger partial charge on any atom is -0.508 e. The molecule has 38 heavy (non-hydrogen) atoms. The van der Waals surface area contributed by atoms with Gasteiger partial charge in [-0.05, 0) is 73.8 Å². The molecule has 8 heteroatoms. The van der Waals surface area contributed by atoms with Gasteiger partial charge in [0.2, 0.25) is 0 Å². The number of hydrogen-bond acceptors (Lipinski definition) is 7. The van der Waals surface area contributed by atoms with Gasteiger partial charge in [0.05, 0.1) is 0 Å². The maximum atomic E-state index is 16.4. The molecule has 3 aromatic carbocycles. The Labute approximate surface area is 221 Å². The van der Waals surface area contributed by atoms with Crippen LogP contribution in [0, 0.1) is 5.82 Å². The van der Waals surface area contributed by atoms with Gasteiger partial charge in [0.15, 0.2) is 5.82 Å². The number of aromatic nitrogens is 2. The van der Waals surface area contributed by atoms with Crippen LogP contribution >= 0.6 is 0 Å². The van der Waals surface area contributed by atoms with Gasteiger partial charge in [0.25, 0.3) is 0 Å². The van der Waals surface area contributed by atoms with Crippen molar-refractivity contribution < 1.29 is 14.2 Å². The summed E-state index contributed by atoms with van der Waals surface area (Å²) in [6.45, 7) is 3.19. The molecule has 3 saturated heterocycles. The zero-order chi connectivity index (χ0) is 25.8. The zero-order valence-electron chi connectivity index (χ0n) is 21.5. The number of anilines is 1. The van der Waals surface area contributed by atoms with Crippen LogP contribution in [0.1, 0.15) is 25.7 Å². The predicted octanol–water partition coefficient (Wildman–Crippen LogP) is 4.71. The van der Waals surface area contributed by atoms with Gasteiger partial charge in [-0.15, -0.1) is 0 Å². The van der Waals surface area contributed by atoms with E-state index in [0.29, 0.717) is 41.2 Å². The Morgan fingerprint density at radius 2 is 1.82 bits per heavy atom. The highest BCUT2D eigenvalue weighted by Crippen LogP contribution is 2.39. The van der Waals surface area contributed by atoms with Gasteiger partial charge in [-0.25, -0.2) is 4.39 Å². The number of phenols is 1. The molecule has 3 unspecified atom stereocenters. The van der Waals surface area contributed by atoms with E-state index in [2.05, 4.69) is 27.1 Å². The second-order valence-electron chi connectivity index (χ2n) is 11.0. The molecule has 4 heterocycles. The van der Waals surface area contributed by atoms with E-state index in [1.165, 1.54) is 0 Å². The smallest absolute Gasteiger partial charge is 0.319 e. The normalized spacial score (nSPS) is 23.5. The summed E-state index contributed by atoms with van der Waals surface area (Å²) >= 11 is 0. The van der Waals surface area contributed by atoms with E-state index in [9.17, 15) is 5.11 Å². The van der Waals surface area contributed by atoms with Gasteiger partial charge in [0, 0.05) is 42.2 Å². The van der Waals surface area contributed by atoms with Crippen LogP contribution in [0.2, 0.25) is 0 Å². The third-order valence-corrected chi connectivity index (χ3v) is 8.50. The van der Waals surface area contributed by atoms with Gasteiger partial charge in [-0.3, -0.25) is 0 Å². The maximum absolute atomic E-state index is 16.4. The maximum Gasteiger partial charge on any atom is 0.319 e. The Morgan fingerprint density at radius 3 is 2.61 bits per heavy atom. The van der Waals surface area contributed by atoms with Crippen LogP contribution in [0.5, 0.6) is 11.8 Å². The lowest BCUT2D eigenvalue weighted by Crippen LogP contribution is -2.51. The van der Waals surface area contributed by atoms with Crippen molar-refractivity contribution in [3.8, 4) is 22.9 Å². The lowest BCUT2D eigenvalue weighted by Gasteiger charge is -2.34. The highest BCUT2D eigenvalue weighted by molar-refractivity contribution is 6.01. The van der Waals surface area contributed by atoms with Crippen LogP contribution in [-0.4, -0.2) is 71.4 Å². The van der Waals surface area contributed by atoms with Gasteiger partial charge in [0.1, 0.15) is 23.7 Å². The van der Waals surface area contributed by atoms with E-state index in [4.69, 9.17) is 9.72 Å². The number of likely N-dealkylation sites (N-methyl/N-ethyl adjacent to an activating group) is 1. The Bertz CT molecular complexity index is 1520. The Hall–Kier alpha value is -3.49. The number of halogens is 1. The monoisotopic (exact) mass is 513 g/mol. The Balaban J connectivity index is 1.36. The summed E-state index contributed by atoms with van der Waals surface area (Å²) in [5.74, 6) is 0.403. The molecule has 3 fully saturated rings. The number of fused-ring (bicyclic) bond motifs is 4. The first-order valence-corrected chi connectivity index (χ1v) is 13.6. The molecule has 196 valence electrons. The second kappa shape index (κ2) is 9.36. The highest BCUT2D eigenvalue weighted by atomic mass is 19.1. The average Bonchev–Trinajstić information content (AvgIpc) is 3.50. The molecule has 1 aromatic heterocycles. The first kappa shape index (κ1) is 23.6. The molecule has 2 bridgehead atoms. The van der Waals surface area contributed by atoms with Gasteiger partial charge < -0.3 is 25.0 Å². The van der Waals surface area contributed by atoms with Crippen LogP contribution in [0.25, 0.3) is 32.8 Å². The Morgan fingerprint density at radius 1 is 1.00 bits per heavy atom. The number of rotatable bonds is 5. The number of nitrogens with one attached hydrogen (secondary N) is 1. The summed E-state index contributed by atoms with van der Waals surface area (Å²) in [4.78, 5) is 14.0. The minimum absolute atomic E-state index is 0.0996. The summed E-state index contributed by atoms with van der Waals surface area (Å²) in [5, 5.41) is 16.5. The van der Waals surface area contributed by atoms with Crippen molar-refractivity contribution in [1.82, 2.24) is 20.2 Å². The molecule has 7 rings (SSSR count). The van der Waals surface area contributed by atoms with Crippen LogP contribution in [-0.2, 0) is 0 Å². The van der Waals surface area contributed by atoms with Gasteiger partial charge in [-0.1, -0.05) is 30.3 Å². The quantitative estimate of drug-likeness (QED) is 0.401. The van der Waals surface area contributed by atoms with Crippen LogP contribution in [0.3, 0.4) is 0 Å². The van der Waals surface area contributed by atoms with Crippen molar-refractivity contribution in [3.05, 3.63) is 54.3 Å². The number of benzene rings is 3. The molecule has 2 N–H and O–H groups in total. The van der Waals surface area contributed by atoms with E-state index in [1.807, 2.05) is 30.3 Å². The molecule has 3 atom stereocenters. The van der Waals surface area contributed by atoms with E-state index in [-0.39, 0.29) is 17.3 Å². The number of aromatic hydroxyl groups is 1. The molecule has 3 aliphatic rings. The Kier molecular flexibility index (Phi) is 5.82. The second-order valence-corrected chi connectivity index (χ2v) is 11.0. The molecule has 0 spiro atoms. The predicted molar refractivity (Wildman–Crippen MR) is 147 cm³/mol. The first-order chi connectivity index (χ1) is 18.5. The molecule has 0 aliphatic carbocycles. The molecule has 3 aliphatic heterocycles. The molecule has 7 nitrogen and oxygen atoms in total. The fourth-order valence-corrected chi connectivity index (χ4v) is 6.49. The van der Waals surface area contributed by atoms with E-state index in [0.717, 1.165) is 61.9 Å². The van der Waals surface area contributed by atoms with Crippen molar-refractivity contribution in [2.75, 3.05) is 38.2 Å². The van der Waals surface area contributed by atoms with Gasteiger partial charge >= 0.3 is 6.01 Å². The molecular formula is C30H32FN5O2. The number of nitrogens with zero attached hydrogens (tertiary/aromatic N) is 4. The van der Waals surface area contributed by atoms with Crippen LogP contribution in [0.4, 0.5) is 10.2 Å². The topological polar surface area (TPSA) is 73.8 Å². The van der Waals surface area contributed by atoms with E-state index >= 15 is 4.39 Å². The molecular weight excluding hydrogens is 481 g/mol. The fraction of sp³-hybridized carbons (Fsp3) is 0.400. The first-order valence-electron chi connectivity index (χ1n) is 13.6.